The Labute approximate surface area is 123 Å². The van der Waals surface area contributed by atoms with Gasteiger partial charge in [0, 0.05) is 18.6 Å². The topological polar surface area (TPSA) is 59.0 Å². The summed E-state index contributed by atoms with van der Waals surface area (Å²) in [7, 11) is 0. The average Bonchev–Trinajstić information content (AvgIpc) is 2.36. The number of aliphatic hydroxyl groups excluding tert-OH is 1. The van der Waals surface area contributed by atoms with Crippen LogP contribution in [0.2, 0.25) is 0 Å². The van der Waals surface area contributed by atoms with E-state index in [2.05, 4.69) is 32.6 Å². The normalized spacial score (nSPS) is 11.9. The van der Waals surface area contributed by atoms with E-state index < -0.39 is 0 Å². The lowest BCUT2D eigenvalue weighted by Crippen LogP contribution is -2.44. The van der Waals surface area contributed by atoms with Gasteiger partial charge in [-0.25, -0.2) is 0 Å². The fourth-order valence-corrected chi connectivity index (χ4v) is 1.75. The van der Waals surface area contributed by atoms with Gasteiger partial charge in [0.25, 0.3) is 0 Å². The van der Waals surface area contributed by atoms with Crippen LogP contribution in [0.4, 0.5) is 0 Å². The van der Waals surface area contributed by atoms with Crippen molar-refractivity contribution in [1.82, 2.24) is 4.90 Å². The average molecular weight is 289 g/mol. The minimum atomic E-state index is -0.135. The van der Waals surface area contributed by atoms with E-state index in [4.69, 9.17) is 14.6 Å². The zero-order chi connectivity index (χ0) is 15.4. The van der Waals surface area contributed by atoms with Crippen LogP contribution in [0.15, 0.2) is 0 Å². The Hall–Kier alpha value is -0.650. The first-order valence-electron chi connectivity index (χ1n) is 7.51. The Morgan fingerprint density at radius 1 is 1.15 bits per heavy atom. The van der Waals surface area contributed by atoms with Crippen LogP contribution < -0.4 is 0 Å². The molecule has 0 aliphatic rings. The molecule has 5 heteroatoms. The van der Waals surface area contributed by atoms with Crippen molar-refractivity contribution in [3.8, 4) is 0 Å². The van der Waals surface area contributed by atoms with E-state index in [1.807, 2.05) is 0 Å². The minimum absolute atomic E-state index is 0.0216. The van der Waals surface area contributed by atoms with Gasteiger partial charge in [0.15, 0.2) is 0 Å². The third-order valence-corrected chi connectivity index (χ3v) is 3.04. The standard InChI is InChI=1S/C15H31NO4/c1-5-6-11-20-14(18)7-8-16(15(2,3)4)9-12-19-13-10-17/h17H,5-13H2,1-4H3. The first-order valence-corrected chi connectivity index (χ1v) is 7.51. The number of aliphatic hydroxyl groups is 1. The second kappa shape index (κ2) is 11.1. The van der Waals surface area contributed by atoms with Crippen molar-refractivity contribution in [2.75, 3.05) is 39.5 Å². The molecule has 0 radical (unpaired) electrons. The number of carbonyl (C=O) groups is 1. The minimum Gasteiger partial charge on any atom is -0.466 e. The summed E-state index contributed by atoms with van der Waals surface area (Å²) in [6, 6.07) is 0. The summed E-state index contributed by atoms with van der Waals surface area (Å²) < 4.78 is 10.4. The first-order chi connectivity index (χ1) is 9.41. The lowest BCUT2D eigenvalue weighted by Gasteiger charge is -2.35. The maximum Gasteiger partial charge on any atom is 0.307 e. The van der Waals surface area contributed by atoms with E-state index in [1.165, 1.54) is 0 Å². The molecule has 0 aliphatic carbocycles. The summed E-state index contributed by atoms with van der Waals surface area (Å²) >= 11 is 0. The van der Waals surface area contributed by atoms with E-state index in [0.717, 1.165) is 19.4 Å². The quantitative estimate of drug-likeness (QED) is 0.464. The van der Waals surface area contributed by atoms with Crippen molar-refractivity contribution in [3.05, 3.63) is 0 Å². The summed E-state index contributed by atoms with van der Waals surface area (Å²) in [5.74, 6) is -0.135. The Morgan fingerprint density at radius 3 is 2.40 bits per heavy atom. The van der Waals surface area contributed by atoms with Gasteiger partial charge in [-0.2, -0.15) is 0 Å². The van der Waals surface area contributed by atoms with E-state index >= 15 is 0 Å². The molecule has 0 aromatic carbocycles. The van der Waals surface area contributed by atoms with E-state index in [-0.39, 0.29) is 18.1 Å². The van der Waals surface area contributed by atoms with E-state index in [0.29, 0.717) is 32.8 Å². The molecule has 0 saturated heterocycles. The predicted octanol–water partition coefficient (Wildman–Crippen LogP) is 1.83. The number of hydrogen-bond donors (Lipinski definition) is 1. The van der Waals surface area contributed by atoms with Crippen LogP contribution >= 0.6 is 0 Å². The second-order valence-corrected chi connectivity index (χ2v) is 5.82. The maximum absolute atomic E-state index is 11.6. The van der Waals surface area contributed by atoms with Crippen molar-refractivity contribution in [1.29, 1.82) is 0 Å². The van der Waals surface area contributed by atoms with Gasteiger partial charge in [0.05, 0.1) is 32.8 Å². The molecular weight excluding hydrogens is 258 g/mol. The number of hydrogen-bond acceptors (Lipinski definition) is 5. The molecule has 0 aromatic heterocycles. The van der Waals surface area contributed by atoms with Gasteiger partial charge in [-0.1, -0.05) is 13.3 Å². The van der Waals surface area contributed by atoms with Crippen molar-refractivity contribution < 1.29 is 19.4 Å². The number of ether oxygens (including phenoxy) is 2. The monoisotopic (exact) mass is 289 g/mol. The SMILES string of the molecule is CCCCOC(=O)CCN(CCOCCO)C(C)(C)C. The molecule has 0 unspecified atom stereocenters. The Bertz CT molecular complexity index is 251. The molecule has 0 fully saturated rings. The molecule has 0 aliphatic heterocycles. The van der Waals surface area contributed by atoms with Gasteiger partial charge in [-0.3, -0.25) is 9.69 Å². The number of esters is 1. The summed E-state index contributed by atoms with van der Waals surface area (Å²) in [6.07, 6.45) is 2.36. The summed E-state index contributed by atoms with van der Waals surface area (Å²) in [4.78, 5) is 13.8. The third-order valence-electron chi connectivity index (χ3n) is 3.04. The maximum atomic E-state index is 11.6. The van der Waals surface area contributed by atoms with E-state index in [9.17, 15) is 4.79 Å². The second-order valence-electron chi connectivity index (χ2n) is 5.82. The van der Waals surface area contributed by atoms with Crippen LogP contribution in [-0.2, 0) is 14.3 Å². The molecule has 0 aromatic rings. The van der Waals surface area contributed by atoms with E-state index in [1.54, 1.807) is 0 Å². The van der Waals surface area contributed by atoms with Crippen LogP contribution in [0.3, 0.4) is 0 Å². The smallest absolute Gasteiger partial charge is 0.307 e. The molecule has 120 valence electrons. The van der Waals surface area contributed by atoms with Crippen molar-refractivity contribution in [2.24, 2.45) is 0 Å². The van der Waals surface area contributed by atoms with Gasteiger partial charge >= 0.3 is 5.97 Å². The highest BCUT2D eigenvalue weighted by atomic mass is 16.5. The van der Waals surface area contributed by atoms with Gasteiger partial charge in [-0.05, 0) is 27.2 Å². The molecule has 0 amide bonds. The summed E-state index contributed by atoms with van der Waals surface area (Å²) in [6.45, 7) is 11.3. The fourth-order valence-electron chi connectivity index (χ4n) is 1.75. The summed E-state index contributed by atoms with van der Waals surface area (Å²) in [5.41, 5.74) is -0.0216. The lowest BCUT2D eigenvalue weighted by atomic mass is 10.1. The zero-order valence-corrected chi connectivity index (χ0v) is 13.5. The van der Waals surface area contributed by atoms with Gasteiger partial charge in [0.1, 0.15) is 0 Å². The van der Waals surface area contributed by atoms with Crippen molar-refractivity contribution in [3.63, 3.8) is 0 Å². The highest BCUT2D eigenvalue weighted by molar-refractivity contribution is 5.69. The highest BCUT2D eigenvalue weighted by Gasteiger charge is 2.21. The molecular formula is C15H31NO4. The Morgan fingerprint density at radius 2 is 1.85 bits per heavy atom. The number of rotatable bonds is 11. The molecule has 0 spiro atoms. The van der Waals surface area contributed by atoms with Gasteiger partial charge in [0.2, 0.25) is 0 Å². The molecule has 0 heterocycles. The van der Waals surface area contributed by atoms with Crippen LogP contribution in [0.25, 0.3) is 0 Å². The molecule has 0 atom stereocenters. The Balaban J connectivity index is 4.01. The number of nitrogens with zero attached hydrogens (tertiary/aromatic N) is 1. The third kappa shape index (κ3) is 10.2. The molecule has 20 heavy (non-hydrogen) atoms. The van der Waals surface area contributed by atoms with Crippen molar-refractivity contribution in [2.45, 2.75) is 52.5 Å². The van der Waals surface area contributed by atoms with Gasteiger partial charge < -0.3 is 14.6 Å². The fraction of sp³-hybridized carbons (Fsp3) is 0.933. The lowest BCUT2D eigenvalue weighted by molar-refractivity contribution is -0.144. The Kier molecular flexibility index (Phi) is 10.7. The van der Waals surface area contributed by atoms with Crippen molar-refractivity contribution >= 4 is 5.97 Å². The predicted molar refractivity (Wildman–Crippen MR) is 79.7 cm³/mol. The molecule has 0 bridgehead atoms. The molecule has 0 rings (SSSR count). The largest absolute Gasteiger partial charge is 0.466 e. The zero-order valence-electron chi connectivity index (χ0n) is 13.5. The number of unbranched alkanes of at least 4 members (excludes halogenated alkanes) is 1. The molecule has 5 nitrogen and oxygen atoms in total. The van der Waals surface area contributed by atoms with Crippen LogP contribution in [0.1, 0.15) is 47.0 Å². The highest BCUT2D eigenvalue weighted by Crippen LogP contribution is 2.13. The van der Waals surface area contributed by atoms with Gasteiger partial charge in [-0.15, -0.1) is 0 Å². The first kappa shape index (κ1) is 19.4. The van der Waals surface area contributed by atoms with Crippen LogP contribution in [-0.4, -0.2) is 61.0 Å². The van der Waals surface area contributed by atoms with Crippen LogP contribution in [0, 0.1) is 0 Å². The van der Waals surface area contributed by atoms with Crippen LogP contribution in [0.5, 0.6) is 0 Å². The summed E-state index contributed by atoms with van der Waals surface area (Å²) in [5, 5.41) is 8.67. The molecule has 1 N–H and O–H groups in total. The molecule has 0 saturated carbocycles. The number of carbonyl (C=O) groups excluding carboxylic acids is 1.